The van der Waals surface area contributed by atoms with E-state index in [0.717, 1.165) is 44.2 Å². The quantitative estimate of drug-likeness (QED) is 0.880. The highest BCUT2D eigenvalue weighted by atomic mass is 16.3. The average Bonchev–Trinajstić information content (AvgIpc) is 2.59. The molecule has 1 aliphatic heterocycles. The van der Waals surface area contributed by atoms with Crippen LogP contribution in [-0.2, 0) is 13.1 Å². The van der Waals surface area contributed by atoms with Crippen LogP contribution in [0.4, 0.5) is 0 Å². The second-order valence-electron chi connectivity index (χ2n) is 5.53. The smallest absolute Gasteiger partial charge is 0.120 e. The highest BCUT2D eigenvalue weighted by molar-refractivity contribution is 5.20. The van der Waals surface area contributed by atoms with Crippen LogP contribution in [0.1, 0.15) is 30.4 Å². The summed E-state index contributed by atoms with van der Waals surface area (Å²) in [6, 6.07) is 2.20. The van der Waals surface area contributed by atoms with Crippen LogP contribution in [0.25, 0.3) is 0 Å². The highest BCUT2D eigenvalue weighted by Crippen LogP contribution is 2.17. The van der Waals surface area contributed by atoms with E-state index in [1.54, 1.807) is 0 Å². The second-order valence-corrected chi connectivity index (χ2v) is 5.53. The van der Waals surface area contributed by atoms with Gasteiger partial charge in [-0.15, -0.1) is 0 Å². The molecule has 0 bridgehead atoms. The molecule has 0 unspecified atom stereocenters. The van der Waals surface area contributed by atoms with Gasteiger partial charge in [0.25, 0.3) is 0 Å². The van der Waals surface area contributed by atoms with Crippen molar-refractivity contribution >= 4 is 0 Å². The molecule has 0 radical (unpaired) electrons. The van der Waals surface area contributed by atoms with E-state index >= 15 is 0 Å². The second kappa shape index (κ2) is 7.08. The van der Waals surface area contributed by atoms with Gasteiger partial charge in [-0.2, -0.15) is 0 Å². The standard InChI is InChI=1S/C15H27N3O/c1-4-16-11-15-13(2)10-14(19-15)12-18-7-5-6-17(3)8-9-18/h10,16H,4-9,11-12H2,1-3H3. The lowest BCUT2D eigenvalue weighted by atomic mass is 10.2. The summed E-state index contributed by atoms with van der Waals surface area (Å²) in [5.74, 6) is 2.19. The van der Waals surface area contributed by atoms with Gasteiger partial charge in [0, 0.05) is 13.1 Å². The van der Waals surface area contributed by atoms with Gasteiger partial charge in [-0.05, 0) is 51.7 Å². The molecule has 0 spiro atoms. The molecule has 2 rings (SSSR count). The summed E-state index contributed by atoms with van der Waals surface area (Å²) in [4.78, 5) is 4.91. The Morgan fingerprint density at radius 2 is 2.11 bits per heavy atom. The third-order valence-electron chi connectivity index (χ3n) is 3.80. The van der Waals surface area contributed by atoms with Crippen LogP contribution < -0.4 is 5.32 Å². The molecular weight excluding hydrogens is 238 g/mol. The molecule has 1 aliphatic rings. The van der Waals surface area contributed by atoms with Gasteiger partial charge in [-0.3, -0.25) is 4.90 Å². The molecular formula is C15H27N3O. The van der Waals surface area contributed by atoms with E-state index < -0.39 is 0 Å². The van der Waals surface area contributed by atoms with Crippen molar-refractivity contribution in [3.05, 3.63) is 23.2 Å². The van der Waals surface area contributed by atoms with Crippen molar-refractivity contribution in [2.45, 2.75) is 33.4 Å². The summed E-state index contributed by atoms with van der Waals surface area (Å²) < 4.78 is 5.97. The first-order valence-corrected chi connectivity index (χ1v) is 7.39. The highest BCUT2D eigenvalue weighted by Gasteiger charge is 2.15. The minimum absolute atomic E-state index is 0.838. The molecule has 0 aromatic carbocycles. The van der Waals surface area contributed by atoms with Crippen LogP contribution in [0.3, 0.4) is 0 Å². The summed E-state index contributed by atoms with van der Waals surface area (Å²) in [6.07, 6.45) is 1.25. The topological polar surface area (TPSA) is 31.7 Å². The lowest BCUT2D eigenvalue weighted by molar-refractivity contribution is 0.246. The molecule has 0 amide bonds. The lowest BCUT2D eigenvalue weighted by Crippen LogP contribution is -2.28. The maximum atomic E-state index is 5.97. The van der Waals surface area contributed by atoms with Crippen molar-refractivity contribution in [3.8, 4) is 0 Å². The van der Waals surface area contributed by atoms with Crippen LogP contribution in [0.15, 0.2) is 10.5 Å². The number of nitrogens with zero attached hydrogens (tertiary/aromatic N) is 2. The van der Waals surface area contributed by atoms with Crippen molar-refractivity contribution in [1.29, 1.82) is 0 Å². The molecule has 0 aliphatic carbocycles. The van der Waals surface area contributed by atoms with E-state index in [2.05, 4.69) is 42.1 Å². The number of hydrogen-bond acceptors (Lipinski definition) is 4. The van der Waals surface area contributed by atoms with Crippen molar-refractivity contribution in [1.82, 2.24) is 15.1 Å². The summed E-state index contributed by atoms with van der Waals surface area (Å²) in [7, 11) is 2.20. The monoisotopic (exact) mass is 265 g/mol. The van der Waals surface area contributed by atoms with E-state index in [9.17, 15) is 0 Å². The maximum Gasteiger partial charge on any atom is 0.120 e. The molecule has 4 nitrogen and oxygen atoms in total. The van der Waals surface area contributed by atoms with Gasteiger partial charge in [0.1, 0.15) is 11.5 Å². The fourth-order valence-corrected chi connectivity index (χ4v) is 2.56. The fourth-order valence-electron chi connectivity index (χ4n) is 2.56. The number of aryl methyl sites for hydroxylation is 1. The predicted molar refractivity (Wildman–Crippen MR) is 78.2 cm³/mol. The molecule has 1 N–H and O–H groups in total. The van der Waals surface area contributed by atoms with Gasteiger partial charge < -0.3 is 14.6 Å². The van der Waals surface area contributed by atoms with Crippen molar-refractivity contribution in [3.63, 3.8) is 0 Å². The van der Waals surface area contributed by atoms with E-state index in [1.807, 2.05) is 0 Å². The Bertz CT molecular complexity index is 389. The molecule has 19 heavy (non-hydrogen) atoms. The van der Waals surface area contributed by atoms with Gasteiger partial charge in [-0.1, -0.05) is 6.92 Å². The SMILES string of the molecule is CCNCc1oc(CN2CCCN(C)CC2)cc1C. The normalized spacial score (nSPS) is 18.7. The summed E-state index contributed by atoms with van der Waals surface area (Å²) in [5.41, 5.74) is 1.27. The van der Waals surface area contributed by atoms with Crippen LogP contribution in [0.2, 0.25) is 0 Å². The Morgan fingerprint density at radius 1 is 1.26 bits per heavy atom. The Labute approximate surface area is 116 Å². The minimum atomic E-state index is 0.838. The summed E-state index contributed by atoms with van der Waals surface area (Å²) >= 11 is 0. The van der Waals surface area contributed by atoms with E-state index in [4.69, 9.17) is 4.42 Å². The largest absolute Gasteiger partial charge is 0.463 e. The minimum Gasteiger partial charge on any atom is -0.463 e. The Kier molecular flexibility index (Phi) is 5.43. The number of likely N-dealkylation sites (N-methyl/N-ethyl adjacent to an activating group) is 1. The lowest BCUT2D eigenvalue weighted by Gasteiger charge is -2.18. The molecule has 1 aromatic heterocycles. The van der Waals surface area contributed by atoms with Crippen LogP contribution in [0, 0.1) is 6.92 Å². The van der Waals surface area contributed by atoms with E-state index in [0.29, 0.717) is 0 Å². The first kappa shape index (κ1) is 14.6. The number of hydrogen-bond donors (Lipinski definition) is 1. The Hall–Kier alpha value is -0.840. The third kappa shape index (κ3) is 4.34. The third-order valence-corrected chi connectivity index (χ3v) is 3.80. The van der Waals surface area contributed by atoms with Gasteiger partial charge in [0.2, 0.25) is 0 Å². The average molecular weight is 265 g/mol. The first-order chi connectivity index (χ1) is 9.19. The molecule has 0 atom stereocenters. The van der Waals surface area contributed by atoms with Crippen LogP contribution in [-0.4, -0.2) is 49.6 Å². The molecule has 1 fully saturated rings. The molecule has 1 aromatic rings. The summed E-state index contributed by atoms with van der Waals surface area (Å²) in [5, 5.41) is 3.32. The van der Waals surface area contributed by atoms with Gasteiger partial charge in [-0.25, -0.2) is 0 Å². The Balaban J connectivity index is 1.91. The zero-order chi connectivity index (χ0) is 13.7. The van der Waals surface area contributed by atoms with Crippen molar-refractivity contribution < 1.29 is 4.42 Å². The predicted octanol–water partition coefficient (Wildman–Crippen LogP) is 1.84. The molecule has 2 heterocycles. The van der Waals surface area contributed by atoms with Gasteiger partial charge >= 0.3 is 0 Å². The van der Waals surface area contributed by atoms with Crippen molar-refractivity contribution in [2.24, 2.45) is 0 Å². The number of nitrogens with one attached hydrogen (secondary N) is 1. The van der Waals surface area contributed by atoms with E-state index in [1.165, 1.54) is 25.1 Å². The van der Waals surface area contributed by atoms with Crippen molar-refractivity contribution in [2.75, 3.05) is 39.8 Å². The molecule has 0 saturated carbocycles. The van der Waals surface area contributed by atoms with Gasteiger partial charge in [0.05, 0.1) is 13.1 Å². The molecule has 108 valence electrons. The zero-order valence-electron chi connectivity index (χ0n) is 12.5. The van der Waals surface area contributed by atoms with Gasteiger partial charge in [0.15, 0.2) is 0 Å². The maximum absolute atomic E-state index is 5.97. The number of rotatable bonds is 5. The Morgan fingerprint density at radius 3 is 2.89 bits per heavy atom. The van der Waals surface area contributed by atoms with Crippen LogP contribution >= 0.6 is 0 Å². The number of furan rings is 1. The molecule has 1 saturated heterocycles. The first-order valence-electron chi connectivity index (χ1n) is 7.39. The molecule has 4 heteroatoms. The van der Waals surface area contributed by atoms with Crippen LogP contribution in [0.5, 0.6) is 0 Å². The fraction of sp³-hybridized carbons (Fsp3) is 0.733. The summed E-state index contributed by atoms with van der Waals surface area (Å²) in [6.45, 7) is 11.7. The zero-order valence-corrected chi connectivity index (χ0v) is 12.5. The van der Waals surface area contributed by atoms with E-state index in [-0.39, 0.29) is 0 Å².